The van der Waals surface area contributed by atoms with Gasteiger partial charge in [-0.25, -0.2) is 0 Å². The molecule has 0 aliphatic rings. The van der Waals surface area contributed by atoms with Crippen molar-refractivity contribution in [3.05, 3.63) is 95.6 Å². The minimum atomic E-state index is -0.590. The molecule has 0 atom stereocenters. The van der Waals surface area contributed by atoms with Gasteiger partial charge in [-0.05, 0) is 42.0 Å². The summed E-state index contributed by atoms with van der Waals surface area (Å²) in [5.74, 6) is -0.215. The van der Waals surface area contributed by atoms with Gasteiger partial charge < -0.3 is 15.8 Å². The maximum Gasteiger partial charge on any atom is 0.255 e. The lowest BCUT2D eigenvalue weighted by Crippen LogP contribution is -2.18. The first-order chi connectivity index (χ1) is 13.1. The summed E-state index contributed by atoms with van der Waals surface area (Å²) >= 11 is 0. The largest absolute Gasteiger partial charge is 0.493 e. The normalized spacial score (nSPS) is 10.2. The van der Waals surface area contributed by atoms with Gasteiger partial charge in [0, 0.05) is 12.0 Å². The Labute approximate surface area is 157 Å². The molecule has 5 nitrogen and oxygen atoms in total. The Bertz CT molecular complexity index is 922. The molecule has 0 bridgehead atoms. The zero-order chi connectivity index (χ0) is 19.1. The van der Waals surface area contributed by atoms with Crippen LogP contribution in [0.2, 0.25) is 0 Å². The molecule has 5 heteroatoms. The van der Waals surface area contributed by atoms with Crippen molar-refractivity contribution >= 4 is 17.5 Å². The van der Waals surface area contributed by atoms with Crippen molar-refractivity contribution in [2.24, 2.45) is 5.73 Å². The molecule has 0 aliphatic carbocycles. The van der Waals surface area contributed by atoms with Crippen LogP contribution in [0.4, 0.5) is 5.69 Å². The lowest BCUT2D eigenvalue weighted by molar-refractivity contribution is 0.100. The Morgan fingerprint density at radius 3 is 2.22 bits per heavy atom. The van der Waals surface area contributed by atoms with E-state index in [4.69, 9.17) is 10.5 Å². The van der Waals surface area contributed by atoms with Crippen molar-refractivity contribution in [1.82, 2.24) is 0 Å². The first-order valence-electron chi connectivity index (χ1n) is 8.60. The highest BCUT2D eigenvalue weighted by molar-refractivity contribution is 6.08. The van der Waals surface area contributed by atoms with Gasteiger partial charge in [0.2, 0.25) is 0 Å². The number of benzene rings is 3. The highest BCUT2D eigenvalue weighted by Gasteiger charge is 2.11. The van der Waals surface area contributed by atoms with Gasteiger partial charge in [-0.2, -0.15) is 0 Å². The number of nitrogens with two attached hydrogens (primary N) is 1. The van der Waals surface area contributed by atoms with Crippen molar-refractivity contribution in [2.45, 2.75) is 6.42 Å². The molecule has 0 heterocycles. The molecule has 3 rings (SSSR count). The van der Waals surface area contributed by atoms with Crippen molar-refractivity contribution in [1.29, 1.82) is 0 Å². The number of primary amides is 1. The molecule has 3 aromatic rings. The van der Waals surface area contributed by atoms with E-state index in [-0.39, 0.29) is 11.5 Å². The van der Waals surface area contributed by atoms with Gasteiger partial charge in [-0.15, -0.1) is 0 Å². The van der Waals surface area contributed by atoms with Crippen molar-refractivity contribution in [2.75, 3.05) is 11.9 Å². The van der Waals surface area contributed by atoms with Crippen LogP contribution in [0.15, 0.2) is 78.9 Å². The zero-order valence-electron chi connectivity index (χ0n) is 14.7. The molecule has 0 radical (unpaired) electrons. The third-order valence-electron chi connectivity index (χ3n) is 4.06. The molecule has 0 aromatic heterocycles. The fraction of sp³-hybridized carbons (Fsp3) is 0.0909. The number of para-hydroxylation sites is 1. The van der Waals surface area contributed by atoms with Crippen LogP contribution in [0.1, 0.15) is 26.3 Å². The average Bonchev–Trinajstić information content (AvgIpc) is 2.69. The van der Waals surface area contributed by atoms with Crippen LogP contribution in [0.5, 0.6) is 5.75 Å². The summed E-state index contributed by atoms with van der Waals surface area (Å²) < 4.78 is 5.72. The second-order valence-corrected chi connectivity index (χ2v) is 5.97. The maximum absolute atomic E-state index is 12.4. The van der Waals surface area contributed by atoms with E-state index in [9.17, 15) is 9.59 Å². The molecular formula is C22H20N2O3. The van der Waals surface area contributed by atoms with E-state index in [1.807, 2.05) is 18.2 Å². The monoisotopic (exact) mass is 360 g/mol. The van der Waals surface area contributed by atoms with Crippen LogP contribution in [-0.2, 0) is 6.42 Å². The fourth-order valence-electron chi connectivity index (χ4n) is 2.64. The lowest BCUT2D eigenvalue weighted by atomic mass is 10.1. The van der Waals surface area contributed by atoms with E-state index in [0.717, 1.165) is 6.42 Å². The lowest BCUT2D eigenvalue weighted by Gasteiger charge is -2.10. The molecular weight excluding hydrogens is 340 g/mol. The summed E-state index contributed by atoms with van der Waals surface area (Å²) in [5.41, 5.74) is 7.66. The van der Waals surface area contributed by atoms with Crippen LogP contribution < -0.4 is 15.8 Å². The number of hydrogen-bond donors (Lipinski definition) is 2. The molecule has 3 aromatic carbocycles. The van der Waals surface area contributed by atoms with Gasteiger partial charge in [0.05, 0.1) is 17.9 Å². The van der Waals surface area contributed by atoms with Gasteiger partial charge >= 0.3 is 0 Å². The quantitative estimate of drug-likeness (QED) is 0.675. The van der Waals surface area contributed by atoms with E-state index >= 15 is 0 Å². The first-order valence-corrected chi connectivity index (χ1v) is 8.60. The molecule has 0 fully saturated rings. The van der Waals surface area contributed by atoms with Crippen LogP contribution >= 0.6 is 0 Å². The second kappa shape index (κ2) is 8.67. The maximum atomic E-state index is 12.4. The van der Waals surface area contributed by atoms with Crippen LogP contribution in [0, 0.1) is 0 Å². The SMILES string of the molecule is NC(=O)c1ccccc1NC(=O)c1ccc(OCCc2ccccc2)cc1. The summed E-state index contributed by atoms with van der Waals surface area (Å²) in [4.78, 5) is 23.8. The van der Waals surface area contributed by atoms with E-state index < -0.39 is 5.91 Å². The molecule has 0 aliphatic heterocycles. The number of rotatable bonds is 7. The van der Waals surface area contributed by atoms with Gasteiger partial charge in [0.1, 0.15) is 5.75 Å². The first kappa shape index (κ1) is 18.2. The average molecular weight is 360 g/mol. The van der Waals surface area contributed by atoms with Gasteiger partial charge in [0.25, 0.3) is 11.8 Å². The minimum absolute atomic E-state index is 0.270. The van der Waals surface area contributed by atoms with Crippen molar-refractivity contribution in [3.63, 3.8) is 0 Å². The van der Waals surface area contributed by atoms with Crippen LogP contribution in [0.3, 0.4) is 0 Å². The number of carbonyl (C=O) groups excluding carboxylic acids is 2. The number of anilines is 1. The Morgan fingerprint density at radius 1 is 0.852 bits per heavy atom. The number of hydrogen-bond acceptors (Lipinski definition) is 3. The predicted molar refractivity (Wildman–Crippen MR) is 105 cm³/mol. The molecule has 2 amide bonds. The van der Waals surface area contributed by atoms with Crippen molar-refractivity contribution in [3.8, 4) is 5.75 Å². The Hall–Kier alpha value is -3.60. The third kappa shape index (κ3) is 4.95. The van der Waals surface area contributed by atoms with E-state index in [2.05, 4.69) is 17.4 Å². The summed E-state index contributed by atoms with van der Waals surface area (Å²) in [6, 6.07) is 23.6. The standard InChI is InChI=1S/C22H20N2O3/c23-21(25)19-8-4-5-9-20(19)24-22(26)17-10-12-18(13-11-17)27-15-14-16-6-2-1-3-7-16/h1-13H,14-15H2,(H2,23,25)(H,24,26). The molecule has 0 spiro atoms. The topological polar surface area (TPSA) is 81.4 Å². The molecule has 3 N–H and O–H groups in total. The fourth-order valence-corrected chi connectivity index (χ4v) is 2.64. The van der Waals surface area contributed by atoms with Crippen molar-refractivity contribution < 1.29 is 14.3 Å². The molecule has 27 heavy (non-hydrogen) atoms. The molecule has 0 unspecified atom stereocenters. The van der Waals surface area contributed by atoms with Gasteiger partial charge in [-0.1, -0.05) is 42.5 Å². The third-order valence-corrected chi connectivity index (χ3v) is 4.06. The highest BCUT2D eigenvalue weighted by Crippen LogP contribution is 2.17. The van der Waals surface area contributed by atoms with E-state index in [1.54, 1.807) is 48.5 Å². The number of ether oxygens (including phenoxy) is 1. The minimum Gasteiger partial charge on any atom is -0.493 e. The number of carbonyl (C=O) groups is 2. The van der Waals surface area contributed by atoms with Crippen LogP contribution in [0.25, 0.3) is 0 Å². The Kier molecular flexibility index (Phi) is 5.84. The smallest absolute Gasteiger partial charge is 0.255 e. The molecule has 0 saturated heterocycles. The summed E-state index contributed by atoms with van der Waals surface area (Å²) in [7, 11) is 0. The Balaban J connectivity index is 1.58. The van der Waals surface area contributed by atoms with Gasteiger partial charge in [0.15, 0.2) is 0 Å². The van der Waals surface area contributed by atoms with E-state index in [1.165, 1.54) is 5.56 Å². The molecule has 136 valence electrons. The highest BCUT2D eigenvalue weighted by atomic mass is 16.5. The summed E-state index contributed by atoms with van der Waals surface area (Å²) in [6.45, 7) is 0.557. The number of amides is 2. The number of nitrogens with one attached hydrogen (secondary N) is 1. The Morgan fingerprint density at radius 2 is 1.52 bits per heavy atom. The summed E-state index contributed by atoms with van der Waals surface area (Å²) in [6.07, 6.45) is 0.812. The molecule has 0 saturated carbocycles. The predicted octanol–water partition coefficient (Wildman–Crippen LogP) is 3.66. The van der Waals surface area contributed by atoms with E-state index in [0.29, 0.717) is 23.6 Å². The van der Waals surface area contributed by atoms with Crippen LogP contribution in [-0.4, -0.2) is 18.4 Å². The summed E-state index contributed by atoms with van der Waals surface area (Å²) in [5, 5.41) is 2.71. The second-order valence-electron chi connectivity index (χ2n) is 5.97. The van der Waals surface area contributed by atoms with Gasteiger partial charge in [-0.3, -0.25) is 9.59 Å². The zero-order valence-corrected chi connectivity index (χ0v) is 14.7.